The Morgan fingerprint density at radius 2 is 2.07 bits per heavy atom. The summed E-state index contributed by atoms with van der Waals surface area (Å²) in [5.41, 5.74) is 0.210. The number of benzene rings is 2. The highest BCUT2D eigenvalue weighted by molar-refractivity contribution is 7.19. The van der Waals surface area contributed by atoms with Crippen molar-refractivity contribution in [3.8, 4) is 17.6 Å². The number of fused-ring (bicyclic) bond motifs is 1. The number of nitrogens with zero attached hydrogens (tertiary/aromatic N) is 2. The largest absolute Gasteiger partial charge is 0.504 e. The third-order valence-corrected chi connectivity index (χ3v) is 4.73. The van der Waals surface area contributed by atoms with E-state index in [4.69, 9.17) is 4.74 Å². The topological polar surface area (TPSA) is 66.1 Å². The second kappa shape index (κ2) is 7.29. The quantitative estimate of drug-likeness (QED) is 0.599. The normalized spacial score (nSPS) is 12.2. The van der Waals surface area contributed by atoms with Crippen LogP contribution in [0.4, 0.5) is 13.2 Å². The number of aromatic nitrogens is 1. The van der Waals surface area contributed by atoms with E-state index in [-0.39, 0.29) is 22.6 Å². The van der Waals surface area contributed by atoms with Crippen molar-refractivity contribution in [2.24, 2.45) is 0 Å². The SMILES string of the molecule is CCOc1cc(/C=C(/C#N)c2nc3cc(C(F)(F)F)ccc3s2)ccc1O. The molecule has 0 saturated carbocycles. The predicted octanol–water partition coefficient (Wildman–Crippen LogP) is 5.48. The standard InChI is InChI=1S/C19H13F3N2O2S/c1-2-26-16-8-11(3-5-15(16)25)7-12(10-23)18-24-14-9-13(19(20,21)22)4-6-17(14)27-18/h3-9,25H,2H2,1H3/b12-7-. The fraction of sp³-hybridized carbons (Fsp3) is 0.158. The lowest BCUT2D eigenvalue weighted by atomic mass is 10.1. The Balaban J connectivity index is 2.02. The third-order valence-electron chi connectivity index (χ3n) is 3.66. The number of allylic oxidation sites excluding steroid dienone is 1. The maximum atomic E-state index is 12.8. The van der Waals surface area contributed by atoms with E-state index in [1.807, 2.05) is 6.07 Å². The van der Waals surface area contributed by atoms with Gasteiger partial charge in [0.05, 0.1) is 28.0 Å². The Morgan fingerprint density at radius 1 is 1.30 bits per heavy atom. The number of alkyl halides is 3. The lowest BCUT2D eigenvalue weighted by Gasteiger charge is -2.06. The molecule has 0 atom stereocenters. The molecule has 3 aromatic rings. The summed E-state index contributed by atoms with van der Waals surface area (Å²) < 4.78 is 44.4. The van der Waals surface area contributed by atoms with Crippen LogP contribution in [0, 0.1) is 11.3 Å². The van der Waals surface area contributed by atoms with Crippen LogP contribution >= 0.6 is 11.3 Å². The van der Waals surface area contributed by atoms with Crippen LogP contribution in [0.1, 0.15) is 23.1 Å². The summed E-state index contributed by atoms with van der Waals surface area (Å²) in [6, 6.07) is 9.96. The van der Waals surface area contributed by atoms with Crippen LogP contribution in [0.2, 0.25) is 0 Å². The molecule has 1 heterocycles. The van der Waals surface area contributed by atoms with Crippen LogP contribution in [0.15, 0.2) is 36.4 Å². The minimum atomic E-state index is -4.45. The molecule has 0 spiro atoms. The summed E-state index contributed by atoms with van der Waals surface area (Å²) in [6.45, 7) is 2.14. The van der Waals surface area contributed by atoms with Crippen molar-refractivity contribution in [3.05, 3.63) is 52.5 Å². The highest BCUT2D eigenvalue weighted by atomic mass is 32.1. The molecule has 1 aromatic heterocycles. The van der Waals surface area contributed by atoms with Crippen molar-refractivity contribution >= 4 is 33.2 Å². The van der Waals surface area contributed by atoms with Gasteiger partial charge in [-0.25, -0.2) is 4.98 Å². The monoisotopic (exact) mass is 390 g/mol. The predicted molar refractivity (Wildman–Crippen MR) is 97.4 cm³/mol. The van der Waals surface area contributed by atoms with Crippen molar-refractivity contribution < 1.29 is 23.0 Å². The molecule has 0 fully saturated rings. The van der Waals surface area contributed by atoms with Crippen LogP contribution < -0.4 is 4.74 Å². The fourth-order valence-corrected chi connectivity index (χ4v) is 3.33. The van der Waals surface area contributed by atoms with Crippen molar-refractivity contribution in [2.75, 3.05) is 6.61 Å². The highest BCUT2D eigenvalue weighted by Crippen LogP contribution is 2.35. The third kappa shape index (κ3) is 4.04. The van der Waals surface area contributed by atoms with Crippen LogP contribution in [-0.2, 0) is 6.18 Å². The molecule has 2 aromatic carbocycles. The van der Waals surface area contributed by atoms with Crippen LogP contribution in [-0.4, -0.2) is 16.7 Å². The van der Waals surface area contributed by atoms with Crippen molar-refractivity contribution in [2.45, 2.75) is 13.1 Å². The van der Waals surface area contributed by atoms with Gasteiger partial charge in [0.15, 0.2) is 11.5 Å². The molecule has 4 nitrogen and oxygen atoms in total. The number of hydrogen-bond acceptors (Lipinski definition) is 5. The van der Waals surface area contributed by atoms with Gasteiger partial charge in [-0.2, -0.15) is 18.4 Å². The Morgan fingerprint density at radius 3 is 2.74 bits per heavy atom. The molecule has 138 valence electrons. The first-order valence-corrected chi connectivity index (χ1v) is 8.69. The number of aromatic hydroxyl groups is 1. The van der Waals surface area contributed by atoms with Gasteiger partial charge in [0, 0.05) is 0 Å². The first-order chi connectivity index (χ1) is 12.8. The van der Waals surface area contributed by atoms with E-state index in [2.05, 4.69) is 4.98 Å². The van der Waals surface area contributed by atoms with Gasteiger partial charge < -0.3 is 9.84 Å². The van der Waals surface area contributed by atoms with E-state index >= 15 is 0 Å². The van der Waals surface area contributed by atoms with E-state index in [9.17, 15) is 23.5 Å². The molecule has 0 amide bonds. The molecule has 8 heteroatoms. The summed E-state index contributed by atoms with van der Waals surface area (Å²) in [5.74, 6) is 0.259. The Hall–Kier alpha value is -3.05. The van der Waals surface area contributed by atoms with E-state index in [0.717, 1.165) is 23.5 Å². The lowest BCUT2D eigenvalue weighted by Crippen LogP contribution is -2.03. The summed E-state index contributed by atoms with van der Waals surface area (Å²) in [5, 5.41) is 19.5. The first-order valence-electron chi connectivity index (χ1n) is 7.87. The number of ether oxygens (including phenoxy) is 1. The summed E-state index contributed by atoms with van der Waals surface area (Å²) in [4.78, 5) is 4.18. The smallest absolute Gasteiger partial charge is 0.416 e. The molecule has 0 aliphatic heterocycles. The summed E-state index contributed by atoms with van der Waals surface area (Å²) in [6.07, 6.45) is -2.90. The maximum Gasteiger partial charge on any atom is 0.416 e. The molecular formula is C19H13F3N2O2S. The van der Waals surface area contributed by atoms with Gasteiger partial charge in [-0.05, 0) is 48.9 Å². The zero-order valence-corrected chi connectivity index (χ0v) is 14.9. The summed E-state index contributed by atoms with van der Waals surface area (Å²) >= 11 is 1.14. The second-order valence-electron chi connectivity index (χ2n) is 5.53. The average molecular weight is 390 g/mol. The van der Waals surface area contributed by atoms with Gasteiger partial charge >= 0.3 is 6.18 Å². The van der Waals surface area contributed by atoms with Gasteiger partial charge in [0.25, 0.3) is 0 Å². The molecule has 0 aliphatic carbocycles. The van der Waals surface area contributed by atoms with Crippen LogP contribution in [0.3, 0.4) is 0 Å². The summed E-state index contributed by atoms with van der Waals surface area (Å²) in [7, 11) is 0. The van der Waals surface area contributed by atoms with E-state index in [1.54, 1.807) is 25.1 Å². The van der Waals surface area contributed by atoms with Crippen molar-refractivity contribution in [3.63, 3.8) is 0 Å². The Labute approximate surface area is 156 Å². The van der Waals surface area contributed by atoms with Gasteiger partial charge in [0.1, 0.15) is 11.1 Å². The van der Waals surface area contributed by atoms with Gasteiger partial charge in [-0.1, -0.05) is 6.07 Å². The minimum Gasteiger partial charge on any atom is -0.504 e. The molecule has 1 N–H and O–H groups in total. The average Bonchev–Trinajstić information content (AvgIpc) is 3.04. The number of rotatable bonds is 4. The number of nitriles is 1. The second-order valence-corrected chi connectivity index (χ2v) is 6.56. The molecule has 0 bridgehead atoms. The van der Waals surface area contributed by atoms with E-state index < -0.39 is 11.7 Å². The van der Waals surface area contributed by atoms with E-state index in [1.165, 1.54) is 12.1 Å². The minimum absolute atomic E-state index is 0.0211. The molecule has 0 unspecified atom stereocenters. The lowest BCUT2D eigenvalue weighted by molar-refractivity contribution is -0.137. The zero-order chi connectivity index (χ0) is 19.6. The number of halogens is 3. The number of phenolic OH excluding ortho intramolecular Hbond substituents is 1. The van der Waals surface area contributed by atoms with Crippen LogP contribution in [0.5, 0.6) is 11.5 Å². The highest BCUT2D eigenvalue weighted by Gasteiger charge is 2.30. The first kappa shape index (κ1) is 18.7. The van der Waals surface area contributed by atoms with Gasteiger partial charge in [0.2, 0.25) is 0 Å². The molecule has 0 radical (unpaired) electrons. The van der Waals surface area contributed by atoms with E-state index in [0.29, 0.717) is 21.9 Å². The van der Waals surface area contributed by atoms with Crippen LogP contribution in [0.25, 0.3) is 21.9 Å². The molecule has 0 saturated heterocycles. The molecule has 27 heavy (non-hydrogen) atoms. The number of hydrogen-bond donors (Lipinski definition) is 1. The van der Waals surface area contributed by atoms with Crippen molar-refractivity contribution in [1.82, 2.24) is 4.98 Å². The van der Waals surface area contributed by atoms with Gasteiger partial charge in [-0.15, -0.1) is 11.3 Å². The molecule has 0 aliphatic rings. The number of thiazole rings is 1. The number of phenols is 1. The fourth-order valence-electron chi connectivity index (χ4n) is 2.42. The Kier molecular flexibility index (Phi) is 5.06. The molecular weight excluding hydrogens is 377 g/mol. The van der Waals surface area contributed by atoms with Gasteiger partial charge in [-0.3, -0.25) is 0 Å². The Bertz CT molecular complexity index is 1060. The zero-order valence-electron chi connectivity index (χ0n) is 14.0. The van der Waals surface area contributed by atoms with Crippen molar-refractivity contribution in [1.29, 1.82) is 5.26 Å². The maximum absolute atomic E-state index is 12.8. The molecule has 3 rings (SSSR count).